The molecule has 0 amide bonds. The van der Waals surface area contributed by atoms with E-state index < -0.39 is 17.8 Å². The van der Waals surface area contributed by atoms with Crippen LogP contribution in [0.5, 0.6) is 0 Å². The molecule has 4 nitrogen and oxygen atoms in total. The van der Waals surface area contributed by atoms with Crippen LogP contribution in [0.2, 0.25) is 0 Å². The lowest BCUT2D eigenvalue weighted by Gasteiger charge is -2.03. The van der Waals surface area contributed by atoms with Gasteiger partial charge >= 0.3 is 12.1 Å². The number of aromatic nitrogens is 2. The van der Waals surface area contributed by atoms with Gasteiger partial charge in [0.25, 0.3) is 0 Å². The molecule has 0 fully saturated rings. The summed E-state index contributed by atoms with van der Waals surface area (Å²) in [7, 11) is 0. The first-order valence-electron chi connectivity index (χ1n) is 4.17. The van der Waals surface area contributed by atoms with Crippen molar-refractivity contribution < 1.29 is 23.1 Å². The quantitative estimate of drug-likeness (QED) is 0.815. The second-order valence-corrected chi connectivity index (χ2v) is 3.11. The highest BCUT2D eigenvalue weighted by Crippen LogP contribution is 2.31. The van der Waals surface area contributed by atoms with Crippen molar-refractivity contribution in [1.29, 1.82) is 0 Å². The van der Waals surface area contributed by atoms with Crippen molar-refractivity contribution in [3.63, 3.8) is 0 Å². The van der Waals surface area contributed by atoms with Crippen LogP contribution >= 0.6 is 0 Å². The maximum Gasteiger partial charge on any atom is 0.435 e. The molecule has 0 aliphatic carbocycles. The Morgan fingerprint density at radius 3 is 2.62 bits per heavy atom. The van der Waals surface area contributed by atoms with Gasteiger partial charge in [0, 0.05) is 6.20 Å². The summed E-state index contributed by atoms with van der Waals surface area (Å²) in [5.41, 5.74) is -1.29. The van der Waals surface area contributed by atoms with E-state index in [4.69, 9.17) is 5.11 Å². The number of imidazole rings is 1. The van der Waals surface area contributed by atoms with Crippen molar-refractivity contribution in [2.45, 2.75) is 6.18 Å². The summed E-state index contributed by atoms with van der Waals surface area (Å²) >= 11 is 0. The number of alkyl halides is 3. The van der Waals surface area contributed by atoms with Crippen molar-refractivity contribution in [1.82, 2.24) is 9.38 Å². The van der Waals surface area contributed by atoms with Crippen LogP contribution in [0, 0.1) is 0 Å². The van der Waals surface area contributed by atoms with Crippen LogP contribution in [0.3, 0.4) is 0 Å². The summed E-state index contributed by atoms with van der Waals surface area (Å²) in [6, 6.07) is 2.19. The van der Waals surface area contributed by atoms with Gasteiger partial charge < -0.3 is 9.51 Å². The number of pyridine rings is 1. The van der Waals surface area contributed by atoms with E-state index in [2.05, 4.69) is 4.98 Å². The summed E-state index contributed by atoms with van der Waals surface area (Å²) in [4.78, 5) is 13.8. The molecule has 0 bridgehead atoms. The molecule has 0 unspecified atom stereocenters. The Balaban J connectivity index is 2.64. The molecule has 0 radical (unpaired) electrons. The molecule has 0 aliphatic rings. The number of carbonyl (C=O) groups is 1. The minimum Gasteiger partial charge on any atom is -0.478 e. The average molecular weight is 230 g/mol. The fourth-order valence-electron chi connectivity index (χ4n) is 1.34. The van der Waals surface area contributed by atoms with Gasteiger partial charge in [0.15, 0.2) is 5.69 Å². The summed E-state index contributed by atoms with van der Waals surface area (Å²) in [5.74, 6) is -1.20. The zero-order chi connectivity index (χ0) is 11.9. The van der Waals surface area contributed by atoms with Gasteiger partial charge in [-0.1, -0.05) is 0 Å². The van der Waals surface area contributed by atoms with Crippen molar-refractivity contribution in [3.8, 4) is 0 Å². The lowest BCUT2D eigenvalue weighted by molar-refractivity contribution is -0.139. The van der Waals surface area contributed by atoms with Crippen molar-refractivity contribution in [2.75, 3.05) is 0 Å². The molecule has 2 aromatic rings. The van der Waals surface area contributed by atoms with E-state index in [-0.39, 0.29) is 11.1 Å². The van der Waals surface area contributed by atoms with E-state index in [0.717, 1.165) is 29.1 Å². The zero-order valence-electron chi connectivity index (χ0n) is 7.69. The second-order valence-electron chi connectivity index (χ2n) is 3.11. The third-order valence-electron chi connectivity index (χ3n) is 2.05. The fraction of sp³-hybridized carbons (Fsp3) is 0.111. The van der Waals surface area contributed by atoms with Crippen LogP contribution in [0.1, 0.15) is 16.1 Å². The third kappa shape index (κ3) is 1.60. The maximum absolute atomic E-state index is 12.4. The van der Waals surface area contributed by atoms with E-state index in [1.807, 2.05) is 0 Å². The van der Waals surface area contributed by atoms with Crippen LogP contribution < -0.4 is 0 Å². The van der Waals surface area contributed by atoms with E-state index in [9.17, 15) is 18.0 Å². The number of rotatable bonds is 1. The first-order valence-corrected chi connectivity index (χ1v) is 4.17. The van der Waals surface area contributed by atoms with Gasteiger partial charge in [0.05, 0.1) is 17.4 Å². The molecular weight excluding hydrogens is 225 g/mol. The first kappa shape index (κ1) is 10.5. The fourth-order valence-corrected chi connectivity index (χ4v) is 1.34. The molecule has 2 heterocycles. The molecule has 2 rings (SSSR count). The molecule has 2 aromatic heterocycles. The van der Waals surface area contributed by atoms with E-state index in [1.54, 1.807) is 0 Å². The third-order valence-corrected chi connectivity index (χ3v) is 2.05. The predicted octanol–water partition coefficient (Wildman–Crippen LogP) is 2.05. The number of carboxylic acids is 1. The number of aromatic carboxylic acids is 1. The van der Waals surface area contributed by atoms with E-state index in [1.165, 1.54) is 0 Å². The highest BCUT2D eigenvalue weighted by atomic mass is 19.4. The molecule has 0 saturated heterocycles. The number of fused-ring (bicyclic) bond motifs is 1. The Morgan fingerprint density at radius 1 is 1.38 bits per heavy atom. The smallest absolute Gasteiger partial charge is 0.435 e. The Bertz CT molecular complexity index is 559. The van der Waals surface area contributed by atoms with Gasteiger partial charge in [-0.05, 0) is 12.1 Å². The van der Waals surface area contributed by atoms with Gasteiger partial charge in [-0.15, -0.1) is 0 Å². The summed E-state index contributed by atoms with van der Waals surface area (Å²) in [6.45, 7) is 0. The monoisotopic (exact) mass is 230 g/mol. The number of hydrogen-bond donors (Lipinski definition) is 1. The van der Waals surface area contributed by atoms with Gasteiger partial charge in [0.2, 0.25) is 0 Å². The minimum absolute atomic E-state index is 0.0985. The van der Waals surface area contributed by atoms with Crippen LogP contribution in [-0.4, -0.2) is 20.5 Å². The first-order chi connectivity index (χ1) is 7.39. The predicted molar refractivity (Wildman–Crippen MR) is 47.2 cm³/mol. The molecule has 16 heavy (non-hydrogen) atoms. The van der Waals surface area contributed by atoms with Crippen molar-refractivity contribution in [3.05, 3.63) is 35.9 Å². The molecular formula is C9H5F3N2O2. The summed E-state index contributed by atoms with van der Waals surface area (Å²) in [5, 5.41) is 8.65. The number of nitrogens with zero attached hydrogens (tertiary/aromatic N) is 2. The normalized spacial score (nSPS) is 11.9. The summed E-state index contributed by atoms with van der Waals surface area (Å²) in [6.07, 6.45) is -2.52. The minimum atomic E-state index is -4.54. The van der Waals surface area contributed by atoms with E-state index in [0.29, 0.717) is 0 Å². The number of halogens is 3. The maximum atomic E-state index is 12.4. The highest BCUT2D eigenvalue weighted by molar-refractivity contribution is 5.87. The second kappa shape index (κ2) is 3.22. The van der Waals surface area contributed by atoms with Gasteiger partial charge in [-0.2, -0.15) is 13.2 Å². The van der Waals surface area contributed by atoms with Crippen LogP contribution in [0.25, 0.3) is 5.52 Å². The summed E-state index contributed by atoms with van der Waals surface area (Å²) < 4.78 is 38.3. The Hall–Kier alpha value is -2.05. The molecule has 7 heteroatoms. The largest absolute Gasteiger partial charge is 0.478 e. The lowest BCUT2D eigenvalue weighted by Crippen LogP contribution is -2.06. The Kier molecular flexibility index (Phi) is 2.11. The molecule has 1 N–H and O–H groups in total. The molecule has 0 atom stereocenters. The molecule has 0 aromatic carbocycles. The molecule has 0 spiro atoms. The lowest BCUT2D eigenvalue weighted by atomic mass is 10.2. The standard InChI is InChI=1S/C9H5F3N2O2/c10-9(11,12)7-6-2-1-5(8(15)16)3-14(6)4-13-7/h1-4H,(H,15,16). The van der Waals surface area contributed by atoms with Crippen LogP contribution in [-0.2, 0) is 6.18 Å². The molecule has 0 aliphatic heterocycles. The number of carboxylic acid groups (broad SMARTS) is 1. The molecule has 84 valence electrons. The van der Waals surface area contributed by atoms with Crippen molar-refractivity contribution in [2.24, 2.45) is 0 Å². The van der Waals surface area contributed by atoms with E-state index >= 15 is 0 Å². The SMILES string of the molecule is O=C(O)c1ccc2c(C(F)(F)F)ncn2c1. The van der Waals surface area contributed by atoms with Gasteiger partial charge in [-0.3, -0.25) is 0 Å². The Labute approximate surface area is 87.0 Å². The highest BCUT2D eigenvalue weighted by Gasteiger charge is 2.35. The topological polar surface area (TPSA) is 54.6 Å². The Morgan fingerprint density at radius 2 is 2.06 bits per heavy atom. The van der Waals surface area contributed by atoms with Gasteiger partial charge in [0.1, 0.15) is 0 Å². The molecule has 0 saturated carbocycles. The van der Waals surface area contributed by atoms with Gasteiger partial charge in [-0.25, -0.2) is 9.78 Å². The average Bonchev–Trinajstić information content (AvgIpc) is 2.58. The van der Waals surface area contributed by atoms with Crippen LogP contribution in [0.15, 0.2) is 24.7 Å². The van der Waals surface area contributed by atoms with Crippen molar-refractivity contribution >= 4 is 11.5 Å². The number of hydrogen-bond acceptors (Lipinski definition) is 2. The van der Waals surface area contributed by atoms with Crippen LogP contribution in [0.4, 0.5) is 13.2 Å². The zero-order valence-corrected chi connectivity index (χ0v) is 7.69.